The number of hydrogen-bond donors (Lipinski definition) is 1. The van der Waals surface area contributed by atoms with Crippen molar-refractivity contribution in [3.05, 3.63) is 23.3 Å². The van der Waals surface area contributed by atoms with Gasteiger partial charge in [-0.15, -0.1) is 0 Å². The van der Waals surface area contributed by atoms with Gasteiger partial charge >= 0.3 is 0 Å². The standard InChI is InChI=1S/C12H15N5O4S/c1-7-8(11(18)13-12-14-15-16-17(12)2)5-6-9(21-3)10(7)22(4,19)20/h5-6H,1-4H3,(H,13,14,16,18). The Morgan fingerprint density at radius 2 is 2.05 bits per heavy atom. The van der Waals surface area contributed by atoms with Crippen LogP contribution in [-0.4, -0.2) is 47.9 Å². The van der Waals surface area contributed by atoms with Crippen LogP contribution in [-0.2, 0) is 16.9 Å². The summed E-state index contributed by atoms with van der Waals surface area (Å²) < 4.78 is 30.2. The molecule has 1 aromatic heterocycles. The van der Waals surface area contributed by atoms with Crippen LogP contribution in [0.4, 0.5) is 5.95 Å². The molecule has 0 unspecified atom stereocenters. The molecule has 1 heterocycles. The Hall–Kier alpha value is -2.49. The average Bonchev–Trinajstić information content (AvgIpc) is 2.82. The molecule has 2 aromatic rings. The van der Waals surface area contributed by atoms with Crippen LogP contribution in [0.3, 0.4) is 0 Å². The molecule has 10 heteroatoms. The highest BCUT2D eigenvalue weighted by Crippen LogP contribution is 2.29. The van der Waals surface area contributed by atoms with Crippen molar-refractivity contribution in [2.45, 2.75) is 11.8 Å². The van der Waals surface area contributed by atoms with Crippen LogP contribution in [0.25, 0.3) is 0 Å². The molecule has 0 aliphatic carbocycles. The van der Waals surface area contributed by atoms with Crippen molar-refractivity contribution in [3.63, 3.8) is 0 Å². The summed E-state index contributed by atoms with van der Waals surface area (Å²) in [4.78, 5) is 12.3. The van der Waals surface area contributed by atoms with E-state index in [2.05, 4.69) is 20.8 Å². The van der Waals surface area contributed by atoms with Crippen molar-refractivity contribution in [3.8, 4) is 5.75 Å². The van der Waals surface area contributed by atoms with Gasteiger partial charge in [0, 0.05) is 18.9 Å². The molecule has 0 bridgehead atoms. The molecule has 1 amide bonds. The first-order valence-electron chi connectivity index (χ1n) is 6.17. The summed E-state index contributed by atoms with van der Waals surface area (Å²) in [5.74, 6) is -0.166. The normalized spacial score (nSPS) is 11.3. The van der Waals surface area contributed by atoms with Crippen molar-refractivity contribution >= 4 is 21.7 Å². The van der Waals surface area contributed by atoms with Crippen LogP contribution in [0, 0.1) is 6.92 Å². The summed E-state index contributed by atoms with van der Waals surface area (Å²) in [6.07, 6.45) is 1.06. The first-order valence-corrected chi connectivity index (χ1v) is 8.06. The summed E-state index contributed by atoms with van der Waals surface area (Å²) in [7, 11) is -0.616. The summed E-state index contributed by atoms with van der Waals surface area (Å²) in [6, 6.07) is 2.93. The zero-order valence-corrected chi connectivity index (χ0v) is 13.3. The Morgan fingerprint density at radius 1 is 1.36 bits per heavy atom. The number of amides is 1. The number of methoxy groups -OCH3 is 1. The van der Waals surface area contributed by atoms with E-state index in [0.29, 0.717) is 5.56 Å². The van der Waals surface area contributed by atoms with Gasteiger partial charge in [-0.05, 0) is 35.0 Å². The van der Waals surface area contributed by atoms with E-state index in [1.807, 2.05) is 0 Å². The summed E-state index contributed by atoms with van der Waals surface area (Å²) in [5, 5.41) is 13.2. The number of aromatic nitrogens is 4. The molecule has 0 radical (unpaired) electrons. The number of nitrogens with zero attached hydrogens (tertiary/aromatic N) is 4. The second-order valence-electron chi connectivity index (χ2n) is 4.62. The average molecular weight is 325 g/mol. The number of nitrogens with one attached hydrogen (secondary N) is 1. The number of benzene rings is 1. The van der Waals surface area contributed by atoms with E-state index < -0.39 is 15.7 Å². The van der Waals surface area contributed by atoms with Gasteiger partial charge in [0.2, 0.25) is 5.95 Å². The molecule has 0 atom stereocenters. The quantitative estimate of drug-likeness (QED) is 0.852. The third-order valence-corrected chi connectivity index (χ3v) is 4.30. The number of aryl methyl sites for hydroxylation is 1. The number of carbonyl (C=O) groups excluding carboxylic acids is 1. The van der Waals surface area contributed by atoms with Gasteiger partial charge in [0.1, 0.15) is 10.6 Å². The van der Waals surface area contributed by atoms with Crippen LogP contribution in [0.2, 0.25) is 0 Å². The SMILES string of the molecule is COc1ccc(C(=O)Nc2nnnn2C)c(C)c1S(C)(=O)=O. The second kappa shape index (κ2) is 5.72. The van der Waals surface area contributed by atoms with E-state index in [1.54, 1.807) is 14.0 Å². The summed E-state index contributed by atoms with van der Waals surface area (Å²) >= 11 is 0. The van der Waals surface area contributed by atoms with E-state index in [1.165, 1.54) is 23.9 Å². The van der Waals surface area contributed by atoms with E-state index in [0.717, 1.165) is 6.26 Å². The summed E-state index contributed by atoms with van der Waals surface area (Å²) in [6.45, 7) is 1.54. The van der Waals surface area contributed by atoms with Gasteiger partial charge in [0.25, 0.3) is 5.91 Å². The molecule has 1 N–H and O–H groups in total. The first kappa shape index (κ1) is 15.9. The molecular formula is C12H15N5O4S. The molecule has 0 aliphatic rings. The lowest BCUT2D eigenvalue weighted by Crippen LogP contribution is -2.18. The van der Waals surface area contributed by atoms with Gasteiger partial charge in [0.15, 0.2) is 9.84 Å². The fraction of sp³-hybridized carbons (Fsp3) is 0.333. The molecular weight excluding hydrogens is 310 g/mol. The Kier molecular flexibility index (Phi) is 4.13. The molecule has 1 aromatic carbocycles. The van der Waals surface area contributed by atoms with Crippen LogP contribution >= 0.6 is 0 Å². The van der Waals surface area contributed by atoms with Gasteiger partial charge in [-0.25, -0.2) is 13.1 Å². The number of anilines is 1. The van der Waals surface area contributed by atoms with Gasteiger partial charge < -0.3 is 4.74 Å². The molecule has 0 saturated heterocycles. The molecule has 22 heavy (non-hydrogen) atoms. The zero-order chi connectivity index (χ0) is 16.5. The maximum atomic E-state index is 12.3. The van der Waals surface area contributed by atoms with Crippen molar-refractivity contribution in [2.75, 3.05) is 18.7 Å². The minimum atomic E-state index is -3.55. The maximum absolute atomic E-state index is 12.3. The lowest BCUT2D eigenvalue weighted by atomic mass is 10.1. The van der Waals surface area contributed by atoms with Gasteiger partial charge in [-0.3, -0.25) is 10.1 Å². The van der Waals surface area contributed by atoms with E-state index in [9.17, 15) is 13.2 Å². The number of tetrazole rings is 1. The number of ether oxygens (including phenoxy) is 1. The molecule has 2 rings (SSSR count). The van der Waals surface area contributed by atoms with Crippen LogP contribution < -0.4 is 10.1 Å². The van der Waals surface area contributed by atoms with E-state index in [-0.39, 0.29) is 22.2 Å². The highest BCUT2D eigenvalue weighted by atomic mass is 32.2. The number of rotatable bonds is 4. The van der Waals surface area contributed by atoms with Crippen molar-refractivity contribution in [2.24, 2.45) is 7.05 Å². The van der Waals surface area contributed by atoms with Crippen LogP contribution in [0.5, 0.6) is 5.75 Å². The highest BCUT2D eigenvalue weighted by molar-refractivity contribution is 7.90. The third kappa shape index (κ3) is 2.91. The van der Waals surface area contributed by atoms with Gasteiger partial charge in [0.05, 0.1) is 7.11 Å². The van der Waals surface area contributed by atoms with Crippen LogP contribution in [0.15, 0.2) is 17.0 Å². The number of carbonyl (C=O) groups is 1. The molecule has 118 valence electrons. The maximum Gasteiger partial charge on any atom is 0.258 e. The predicted octanol–water partition coefficient (Wildman–Crippen LogP) is 0.183. The Labute approximate surface area is 127 Å². The van der Waals surface area contributed by atoms with Crippen molar-refractivity contribution in [1.82, 2.24) is 20.2 Å². The minimum Gasteiger partial charge on any atom is -0.495 e. The zero-order valence-electron chi connectivity index (χ0n) is 12.5. The monoisotopic (exact) mass is 325 g/mol. The third-order valence-electron chi connectivity index (χ3n) is 3.05. The Morgan fingerprint density at radius 3 is 2.55 bits per heavy atom. The first-order chi connectivity index (χ1) is 10.3. The number of sulfone groups is 1. The fourth-order valence-electron chi connectivity index (χ4n) is 2.04. The molecule has 0 spiro atoms. The van der Waals surface area contributed by atoms with Gasteiger partial charge in [-0.2, -0.15) is 0 Å². The van der Waals surface area contributed by atoms with E-state index in [4.69, 9.17) is 4.74 Å². The lowest BCUT2D eigenvalue weighted by molar-refractivity contribution is 0.102. The largest absolute Gasteiger partial charge is 0.495 e. The van der Waals surface area contributed by atoms with Crippen molar-refractivity contribution in [1.29, 1.82) is 0 Å². The minimum absolute atomic E-state index is 0.0151. The van der Waals surface area contributed by atoms with Gasteiger partial charge in [-0.1, -0.05) is 5.10 Å². The topological polar surface area (TPSA) is 116 Å². The Balaban J connectivity index is 2.49. The molecule has 0 aliphatic heterocycles. The molecule has 0 fully saturated rings. The molecule has 9 nitrogen and oxygen atoms in total. The second-order valence-corrected chi connectivity index (χ2v) is 6.57. The lowest BCUT2D eigenvalue weighted by Gasteiger charge is -2.13. The molecule has 0 saturated carbocycles. The fourth-order valence-corrected chi connectivity index (χ4v) is 3.22. The predicted molar refractivity (Wildman–Crippen MR) is 77.6 cm³/mol. The van der Waals surface area contributed by atoms with E-state index >= 15 is 0 Å². The smallest absolute Gasteiger partial charge is 0.258 e. The number of hydrogen-bond acceptors (Lipinski definition) is 7. The highest BCUT2D eigenvalue weighted by Gasteiger charge is 2.23. The Bertz CT molecular complexity index is 828. The summed E-state index contributed by atoms with van der Waals surface area (Å²) in [5.41, 5.74) is 0.499. The van der Waals surface area contributed by atoms with Crippen LogP contribution in [0.1, 0.15) is 15.9 Å². The van der Waals surface area contributed by atoms with Crippen molar-refractivity contribution < 1.29 is 17.9 Å².